The number of benzene rings is 2. The predicted octanol–water partition coefficient (Wildman–Crippen LogP) is 5.02. The number of nitrogens with zero attached hydrogens (tertiary/aromatic N) is 1. The number of aromatic nitrogens is 1. The second-order valence-corrected chi connectivity index (χ2v) is 6.02. The Morgan fingerprint density at radius 1 is 0.773 bits per heavy atom. The fourth-order valence-electron chi connectivity index (χ4n) is 3.39. The second-order valence-electron chi connectivity index (χ2n) is 6.02. The predicted molar refractivity (Wildman–Crippen MR) is 90.9 cm³/mol. The van der Waals surface area contributed by atoms with Crippen LogP contribution in [0.15, 0.2) is 72.8 Å². The number of fused-ring (bicyclic) bond motifs is 1. The zero-order valence-electron chi connectivity index (χ0n) is 12.6. The molecule has 1 unspecified atom stereocenters. The molecule has 0 bridgehead atoms. The Hall–Kier alpha value is -2.41. The second kappa shape index (κ2) is 5.76. The molecule has 0 spiro atoms. The first-order valence-corrected chi connectivity index (χ1v) is 7.99. The van der Waals surface area contributed by atoms with Crippen molar-refractivity contribution in [2.75, 3.05) is 0 Å². The van der Waals surface area contributed by atoms with E-state index in [4.69, 9.17) is 4.98 Å². The SMILES string of the molecule is c1ccc(-c2ccc3c(n2)CCC(c2ccccc2)C3)cc1. The van der Waals surface area contributed by atoms with Gasteiger partial charge in [0.05, 0.1) is 5.69 Å². The summed E-state index contributed by atoms with van der Waals surface area (Å²) in [6.45, 7) is 0. The van der Waals surface area contributed by atoms with E-state index in [9.17, 15) is 0 Å². The number of pyridine rings is 1. The smallest absolute Gasteiger partial charge is 0.0705 e. The molecule has 1 nitrogen and oxygen atoms in total. The third-order valence-electron chi connectivity index (χ3n) is 4.60. The summed E-state index contributed by atoms with van der Waals surface area (Å²) >= 11 is 0. The van der Waals surface area contributed by atoms with Crippen molar-refractivity contribution in [1.82, 2.24) is 4.98 Å². The molecule has 0 N–H and O–H groups in total. The molecule has 0 amide bonds. The van der Waals surface area contributed by atoms with Crippen molar-refractivity contribution < 1.29 is 0 Å². The lowest BCUT2D eigenvalue weighted by molar-refractivity contribution is 0.575. The molecule has 22 heavy (non-hydrogen) atoms. The molecule has 108 valence electrons. The zero-order valence-corrected chi connectivity index (χ0v) is 12.6. The zero-order chi connectivity index (χ0) is 14.8. The molecule has 3 aromatic rings. The van der Waals surface area contributed by atoms with Gasteiger partial charge >= 0.3 is 0 Å². The molecule has 1 aliphatic carbocycles. The molecule has 0 saturated carbocycles. The molecule has 0 saturated heterocycles. The van der Waals surface area contributed by atoms with Gasteiger partial charge in [-0.05, 0) is 42.4 Å². The standard InChI is InChI=1S/C21H19N/c1-3-7-16(8-4-1)18-11-13-21-19(15-18)12-14-20(22-21)17-9-5-2-6-10-17/h1-10,12,14,18H,11,13,15H2. The number of hydrogen-bond acceptors (Lipinski definition) is 1. The first-order valence-electron chi connectivity index (χ1n) is 7.99. The van der Waals surface area contributed by atoms with Crippen molar-refractivity contribution in [2.45, 2.75) is 25.2 Å². The van der Waals surface area contributed by atoms with E-state index >= 15 is 0 Å². The lowest BCUT2D eigenvalue weighted by Gasteiger charge is -2.24. The average molecular weight is 285 g/mol. The molecule has 1 heteroatoms. The Kier molecular flexibility index (Phi) is 3.48. The van der Waals surface area contributed by atoms with Crippen LogP contribution in [0.4, 0.5) is 0 Å². The van der Waals surface area contributed by atoms with Gasteiger partial charge < -0.3 is 0 Å². The fraction of sp³-hybridized carbons (Fsp3) is 0.190. The Bertz CT molecular complexity index is 762. The Balaban J connectivity index is 1.62. The van der Waals surface area contributed by atoms with Gasteiger partial charge in [0.1, 0.15) is 0 Å². The lowest BCUT2D eigenvalue weighted by Crippen LogP contribution is -2.14. The highest BCUT2D eigenvalue weighted by atomic mass is 14.7. The van der Waals surface area contributed by atoms with E-state index in [2.05, 4.69) is 66.7 Å². The summed E-state index contributed by atoms with van der Waals surface area (Å²) in [5.41, 5.74) is 6.46. The topological polar surface area (TPSA) is 12.9 Å². The summed E-state index contributed by atoms with van der Waals surface area (Å²) in [4.78, 5) is 4.91. The van der Waals surface area contributed by atoms with E-state index in [1.54, 1.807) is 0 Å². The van der Waals surface area contributed by atoms with E-state index in [-0.39, 0.29) is 0 Å². The van der Waals surface area contributed by atoms with Gasteiger partial charge in [-0.25, -0.2) is 0 Å². The summed E-state index contributed by atoms with van der Waals surface area (Å²) in [6, 6.07) is 25.8. The molecule has 1 atom stereocenters. The van der Waals surface area contributed by atoms with Crippen LogP contribution in [0.3, 0.4) is 0 Å². The van der Waals surface area contributed by atoms with E-state index in [1.165, 1.54) is 28.8 Å². The minimum absolute atomic E-state index is 0.637. The van der Waals surface area contributed by atoms with E-state index in [1.807, 2.05) is 6.07 Å². The van der Waals surface area contributed by atoms with Gasteiger partial charge in [-0.1, -0.05) is 66.7 Å². The quantitative estimate of drug-likeness (QED) is 0.644. The van der Waals surface area contributed by atoms with Crippen molar-refractivity contribution in [3.05, 3.63) is 89.6 Å². The molecule has 1 aliphatic rings. The van der Waals surface area contributed by atoms with Crippen LogP contribution >= 0.6 is 0 Å². The molecule has 0 aliphatic heterocycles. The highest BCUT2D eigenvalue weighted by molar-refractivity contribution is 5.59. The Morgan fingerprint density at radius 2 is 1.50 bits per heavy atom. The molecule has 0 radical (unpaired) electrons. The molecule has 2 aromatic carbocycles. The number of aryl methyl sites for hydroxylation is 1. The minimum Gasteiger partial charge on any atom is -0.253 e. The summed E-state index contributed by atoms with van der Waals surface area (Å²) in [5.74, 6) is 0.637. The number of hydrogen-bond donors (Lipinski definition) is 0. The van der Waals surface area contributed by atoms with E-state index in [0.29, 0.717) is 5.92 Å². The van der Waals surface area contributed by atoms with Crippen LogP contribution in [0, 0.1) is 0 Å². The van der Waals surface area contributed by atoms with Crippen molar-refractivity contribution in [1.29, 1.82) is 0 Å². The van der Waals surface area contributed by atoms with Crippen LogP contribution in [0.5, 0.6) is 0 Å². The summed E-state index contributed by atoms with van der Waals surface area (Å²) in [7, 11) is 0. The van der Waals surface area contributed by atoms with Gasteiger partial charge in [-0.3, -0.25) is 4.98 Å². The minimum atomic E-state index is 0.637. The number of rotatable bonds is 2. The maximum atomic E-state index is 4.91. The van der Waals surface area contributed by atoms with Gasteiger partial charge in [0.2, 0.25) is 0 Å². The first-order chi connectivity index (χ1) is 10.9. The molecular formula is C21H19N. The highest BCUT2D eigenvalue weighted by Crippen LogP contribution is 2.33. The maximum absolute atomic E-state index is 4.91. The third kappa shape index (κ3) is 2.55. The fourth-order valence-corrected chi connectivity index (χ4v) is 3.39. The molecule has 1 heterocycles. The lowest BCUT2D eigenvalue weighted by atomic mass is 9.82. The van der Waals surface area contributed by atoms with E-state index < -0.39 is 0 Å². The first kappa shape index (κ1) is 13.3. The van der Waals surface area contributed by atoms with Gasteiger partial charge in [-0.15, -0.1) is 0 Å². The van der Waals surface area contributed by atoms with Crippen molar-refractivity contribution in [3.8, 4) is 11.3 Å². The van der Waals surface area contributed by atoms with Crippen molar-refractivity contribution in [2.24, 2.45) is 0 Å². The maximum Gasteiger partial charge on any atom is 0.0705 e. The van der Waals surface area contributed by atoms with Crippen LogP contribution in [0.2, 0.25) is 0 Å². The summed E-state index contributed by atoms with van der Waals surface area (Å²) < 4.78 is 0. The van der Waals surface area contributed by atoms with Gasteiger partial charge in [0.25, 0.3) is 0 Å². The van der Waals surface area contributed by atoms with Gasteiger partial charge in [0.15, 0.2) is 0 Å². The van der Waals surface area contributed by atoms with Crippen LogP contribution in [0.25, 0.3) is 11.3 Å². The van der Waals surface area contributed by atoms with Crippen LogP contribution in [-0.4, -0.2) is 4.98 Å². The average Bonchev–Trinajstić information content (AvgIpc) is 2.62. The Labute approximate surface area is 131 Å². The van der Waals surface area contributed by atoms with Gasteiger partial charge in [-0.2, -0.15) is 0 Å². The summed E-state index contributed by atoms with van der Waals surface area (Å²) in [6.07, 6.45) is 3.39. The van der Waals surface area contributed by atoms with Crippen LogP contribution in [-0.2, 0) is 12.8 Å². The Morgan fingerprint density at radius 3 is 2.27 bits per heavy atom. The van der Waals surface area contributed by atoms with Crippen molar-refractivity contribution >= 4 is 0 Å². The molecule has 4 rings (SSSR count). The van der Waals surface area contributed by atoms with Gasteiger partial charge in [0, 0.05) is 11.3 Å². The molecular weight excluding hydrogens is 266 g/mol. The monoisotopic (exact) mass is 285 g/mol. The molecule has 1 aromatic heterocycles. The highest BCUT2D eigenvalue weighted by Gasteiger charge is 2.21. The van der Waals surface area contributed by atoms with Crippen LogP contribution < -0.4 is 0 Å². The largest absolute Gasteiger partial charge is 0.253 e. The third-order valence-corrected chi connectivity index (χ3v) is 4.60. The summed E-state index contributed by atoms with van der Waals surface area (Å²) in [5, 5.41) is 0. The molecule has 0 fully saturated rings. The van der Waals surface area contributed by atoms with E-state index in [0.717, 1.165) is 18.5 Å². The van der Waals surface area contributed by atoms with Crippen LogP contribution in [0.1, 0.15) is 29.2 Å². The normalized spacial score (nSPS) is 17.0. The van der Waals surface area contributed by atoms with Crippen molar-refractivity contribution in [3.63, 3.8) is 0 Å².